The molecule has 0 radical (unpaired) electrons. The number of nitrogens with one attached hydrogen (secondary N) is 1. The largest absolute Gasteiger partial charge is 0.324 e. The maximum Gasteiger partial charge on any atom is 0.228 e. The minimum Gasteiger partial charge on any atom is -0.324 e. The van der Waals surface area contributed by atoms with Crippen LogP contribution in [0, 0.1) is 31.0 Å². The Morgan fingerprint density at radius 3 is 2.67 bits per heavy atom. The van der Waals surface area contributed by atoms with Gasteiger partial charge in [-0.05, 0) is 43.7 Å². The van der Waals surface area contributed by atoms with Gasteiger partial charge in [0, 0.05) is 11.4 Å². The van der Waals surface area contributed by atoms with E-state index in [0.717, 1.165) is 0 Å². The van der Waals surface area contributed by atoms with Crippen LogP contribution in [0.3, 0.4) is 0 Å². The molecule has 0 saturated heterocycles. The van der Waals surface area contributed by atoms with E-state index in [-0.39, 0.29) is 5.82 Å². The molecule has 0 aliphatic rings. The van der Waals surface area contributed by atoms with Crippen LogP contribution in [0.5, 0.6) is 0 Å². The van der Waals surface area contributed by atoms with Crippen LogP contribution in [0.15, 0.2) is 24.3 Å². The summed E-state index contributed by atoms with van der Waals surface area (Å²) < 4.78 is 13.1. The van der Waals surface area contributed by atoms with E-state index in [0.29, 0.717) is 28.6 Å². The molecule has 90 valence electrons. The SMILES string of the molecule is Cc1cc(C#N)nc(Nc2ccc(F)c(C)c2)n1. The Morgan fingerprint density at radius 2 is 2.00 bits per heavy atom. The lowest BCUT2D eigenvalue weighted by atomic mass is 10.2. The summed E-state index contributed by atoms with van der Waals surface area (Å²) in [7, 11) is 0. The maximum atomic E-state index is 13.1. The molecule has 0 bridgehead atoms. The third kappa shape index (κ3) is 2.61. The van der Waals surface area contributed by atoms with Crippen LogP contribution in [0.4, 0.5) is 16.0 Å². The molecule has 1 aromatic heterocycles. The van der Waals surface area contributed by atoms with Crippen molar-refractivity contribution in [1.82, 2.24) is 9.97 Å². The summed E-state index contributed by atoms with van der Waals surface area (Å²) in [6, 6.07) is 8.19. The van der Waals surface area contributed by atoms with Crippen molar-refractivity contribution in [2.45, 2.75) is 13.8 Å². The van der Waals surface area contributed by atoms with E-state index in [1.54, 1.807) is 32.0 Å². The first-order valence-electron chi connectivity index (χ1n) is 5.37. The highest BCUT2D eigenvalue weighted by Crippen LogP contribution is 2.17. The maximum absolute atomic E-state index is 13.1. The molecule has 0 aliphatic heterocycles. The van der Waals surface area contributed by atoms with Crippen molar-refractivity contribution in [2.75, 3.05) is 5.32 Å². The monoisotopic (exact) mass is 242 g/mol. The molecular weight excluding hydrogens is 231 g/mol. The van der Waals surface area contributed by atoms with Gasteiger partial charge in [0.05, 0.1) is 0 Å². The van der Waals surface area contributed by atoms with Crippen molar-refractivity contribution in [1.29, 1.82) is 5.26 Å². The summed E-state index contributed by atoms with van der Waals surface area (Å²) in [4.78, 5) is 8.18. The zero-order valence-corrected chi connectivity index (χ0v) is 10.0. The van der Waals surface area contributed by atoms with Gasteiger partial charge in [-0.25, -0.2) is 14.4 Å². The van der Waals surface area contributed by atoms with Crippen LogP contribution < -0.4 is 5.32 Å². The lowest BCUT2D eigenvalue weighted by molar-refractivity contribution is 0.619. The van der Waals surface area contributed by atoms with Crippen LogP contribution in [0.25, 0.3) is 0 Å². The van der Waals surface area contributed by atoms with Gasteiger partial charge < -0.3 is 5.32 Å². The molecule has 1 aromatic carbocycles. The number of anilines is 2. The Morgan fingerprint density at radius 1 is 1.22 bits per heavy atom. The van der Waals surface area contributed by atoms with Gasteiger partial charge in [-0.3, -0.25) is 0 Å². The van der Waals surface area contributed by atoms with Crippen molar-refractivity contribution in [3.63, 3.8) is 0 Å². The Labute approximate surface area is 104 Å². The number of aromatic nitrogens is 2. The van der Waals surface area contributed by atoms with Gasteiger partial charge in [0.15, 0.2) is 0 Å². The number of nitriles is 1. The molecule has 0 atom stereocenters. The predicted molar refractivity (Wildman–Crippen MR) is 65.9 cm³/mol. The summed E-state index contributed by atoms with van der Waals surface area (Å²) in [6.07, 6.45) is 0. The normalized spacial score (nSPS) is 9.89. The number of rotatable bonds is 2. The number of aryl methyl sites for hydroxylation is 2. The molecule has 2 rings (SSSR count). The Balaban J connectivity index is 2.31. The van der Waals surface area contributed by atoms with E-state index in [9.17, 15) is 4.39 Å². The van der Waals surface area contributed by atoms with Crippen LogP contribution >= 0.6 is 0 Å². The van der Waals surface area contributed by atoms with Gasteiger partial charge in [-0.1, -0.05) is 0 Å². The molecule has 4 nitrogen and oxygen atoms in total. The van der Waals surface area contributed by atoms with Crippen molar-refractivity contribution in [2.24, 2.45) is 0 Å². The topological polar surface area (TPSA) is 61.6 Å². The average molecular weight is 242 g/mol. The second-order valence-electron chi connectivity index (χ2n) is 3.92. The van der Waals surface area contributed by atoms with Crippen molar-refractivity contribution in [3.8, 4) is 6.07 Å². The average Bonchev–Trinajstić information content (AvgIpc) is 2.33. The second kappa shape index (κ2) is 4.80. The first kappa shape index (κ1) is 12.0. The molecule has 1 heterocycles. The fourth-order valence-corrected chi connectivity index (χ4v) is 1.53. The summed E-state index contributed by atoms with van der Waals surface area (Å²) in [5.74, 6) is 0.0704. The van der Waals surface area contributed by atoms with E-state index in [1.165, 1.54) is 6.07 Å². The summed E-state index contributed by atoms with van der Waals surface area (Å²) >= 11 is 0. The Kier molecular flexibility index (Phi) is 3.20. The van der Waals surface area contributed by atoms with Gasteiger partial charge >= 0.3 is 0 Å². The quantitative estimate of drug-likeness (QED) is 0.879. The smallest absolute Gasteiger partial charge is 0.228 e. The van der Waals surface area contributed by atoms with E-state index in [4.69, 9.17) is 5.26 Å². The minimum atomic E-state index is -0.261. The number of hydrogen-bond donors (Lipinski definition) is 1. The molecule has 0 spiro atoms. The van der Waals surface area contributed by atoms with Crippen LogP contribution in [-0.2, 0) is 0 Å². The Bertz CT molecular complexity index is 631. The first-order valence-corrected chi connectivity index (χ1v) is 5.37. The molecule has 0 amide bonds. The highest BCUT2D eigenvalue weighted by atomic mass is 19.1. The zero-order chi connectivity index (χ0) is 13.1. The zero-order valence-electron chi connectivity index (χ0n) is 10.0. The van der Waals surface area contributed by atoms with Gasteiger partial charge in [-0.15, -0.1) is 0 Å². The summed E-state index contributed by atoms with van der Waals surface area (Å²) in [5, 5.41) is 11.8. The fourth-order valence-electron chi connectivity index (χ4n) is 1.53. The number of benzene rings is 1. The van der Waals surface area contributed by atoms with Gasteiger partial charge in [0.1, 0.15) is 17.6 Å². The van der Waals surface area contributed by atoms with Crippen LogP contribution in [0.1, 0.15) is 17.0 Å². The van der Waals surface area contributed by atoms with Crippen molar-refractivity contribution < 1.29 is 4.39 Å². The van der Waals surface area contributed by atoms with Gasteiger partial charge in [0.25, 0.3) is 0 Å². The van der Waals surface area contributed by atoms with Crippen molar-refractivity contribution in [3.05, 3.63) is 47.0 Å². The highest BCUT2D eigenvalue weighted by Gasteiger charge is 2.04. The van der Waals surface area contributed by atoms with Gasteiger partial charge in [0.2, 0.25) is 5.95 Å². The standard InChI is InChI=1S/C13H11FN4/c1-8-5-10(3-4-12(8)14)17-13-16-9(2)6-11(7-15)18-13/h3-6H,1-2H3,(H,16,17,18). The van der Waals surface area contributed by atoms with E-state index >= 15 is 0 Å². The highest BCUT2D eigenvalue weighted by molar-refractivity contribution is 5.55. The third-order valence-electron chi connectivity index (χ3n) is 2.38. The summed E-state index contributed by atoms with van der Waals surface area (Å²) in [5.41, 5.74) is 2.21. The fraction of sp³-hybridized carbons (Fsp3) is 0.154. The molecule has 1 N–H and O–H groups in total. The Hall–Kier alpha value is -2.48. The van der Waals surface area contributed by atoms with E-state index in [2.05, 4.69) is 15.3 Å². The number of nitrogens with zero attached hydrogens (tertiary/aromatic N) is 3. The molecule has 18 heavy (non-hydrogen) atoms. The first-order chi connectivity index (χ1) is 8.58. The molecule has 0 saturated carbocycles. The van der Waals surface area contributed by atoms with Crippen LogP contribution in [-0.4, -0.2) is 9.97 Å². The molecule has 5 heteroatoms. The second-order valence-corrected chi connectivity index (χ2v) is 3.92. The lowest BCUT2D eigenvalue weighted by Gasteiger charge is -2.07. The predicted octanol–water partition coefficient (Wildman–Crippen LogP) is 2.85. The third-order valence-corrected chi connectivity index (χ3v) is 2.38. The molecule has 0 fully saturated rings. The molecule has 0 unspecified atom stereocenters. The number of halogens is 1. The molecule has 2 aromatic rings. The van der Waals surface area contributed by atoms with E-state index in [1.807, 2.05) is 6.07 Å². The molecule has 0 aliphatic carbocycles. The van der Waals surface area contributed by atoms with Crippen LogP contribution in [0.2, 0.25) is 0 Å². The number of hydrogen-bond acceptors (Lipinski definition) is 4. The molecular formula is C13H11FN4. The van der Waals surface area contributed by atoms with Gasteiger partial charge in [-0.2, -0.15) is 5.26 Å². The lowest BCUT2D eigenvalue weighted by Crippen LogP contribution is -2.00. The van der Waals surface area contributed by atoms with E-state index < -0.39 is 0 Å². The van der Waals surface area contributed by atoms with Crippen molar-refractivity contribution >= 4 is 11.6 Å². The minimum absolute atomic E-state index is 0.261. The summed E-state index contributed by atoms with van der Waals surface area (Å²) in [6.45, 7) is 3.46.